The normalized spacial score (nSPS) is 30.4. The fourth-order valence-electron chi connectivity index (χ4n) is 0.873. The van der Waals surface area contributed by atoms with E-state index in [0.717, 1.165) is 0 Å². The van der Waals surface area contributed by atoms with E-state index < -0.39 is 0 Å². The molecule has 11 heavy (non-hydrogen) atoms. The fraction of sp³-hybridized carbons (Fsp3) is 0.833. The summed E-state index contributed by atoms with van der Waals surface area (Å²) in [6.07, 6.45) is 0. The van der Waals surface area contributed by atoms with Gasteiger partial charge in [0.05, 0.1) is 6.61 Å². The molecule has 3 N–H and O–H groups in total. The van der Waals surface area contributed by atoms with E-state index in [0.29, 0.717) is 12.4 Å². The maximum Gasteiger partial charge on any atom is 0.324 e. The van der Waals surface area contributed by atoms with Crippen molar-refractivity contribution in [3.63, 3.8) is 0 Å². The van der Waals surface area contributed by atoms with Crippen LogP contribution in [-0.2, 0) is 9.53 Å². The molecule has 1 aliphatic rings. The number of rotatable bonds is 2. The first-order chi connectivity index (χ1) is 5.24. The van der Waals surface area contributed by atoms with Crippen LogP contribution in [-0.4, -0.2) is 29.9 Å². The first-order valence-corrected chi connectivity index (χ1v) is 4.58. The van der Waals surface area contributed by atoms with Crippen LogP contribution in [0.3, 0.4) is 0 Å². The largest absolute Gasteiger partial charge is 0.465 e. The van der Waals surface area contributed by atoms with Crippen molar-refractivity contribution in [2.45, 2.75) is 18.5 Å². The van der Waals surface area contributed by atoms with Crippen LogP contribution in [0.15, 0.2) is 0 Å². The molecule has 1 fully saturated rings. The molecule has 64 valence electrons. The van der Waals surface area contributed by atoms with Gasteiger partial charge in [0.25, 0.3) is 0 Å². The number of carbonyl (C=O) groups excluding carboxylic acids is 1. The molecule has 1 rings (SSSR count). The summed E-state index contributed by atoms with van der Waals surface area (Å²) < 4.78 is 4.80. The number of esters is 1. The SMILES string of the molecule is CCOC(=O)C1CSC(N)N1. The van der Waals surface area contributed by atoms with Gasteiger partial charge in [0.15, 0.2) is 0 Å². The summed E-state index contributed by atoms with van der Waals surface area (Å²) in [7, 11) is 0. The van der Waals surface area contributed by atoms with Gasteiger partial charge in [-0.2, -0.15) is 0 Å². The summed E-state index contributed by atoms with van der Waals surface area (Å²) in [5.41, 5.74) is 5.38. The quantitative estimate of drug-likeness (QED) is 0.555. The second-order valence-corrected chi connectivity index (χ2v) is 3.40. The first kappa shape index (κ1) is 8.83. The lowest BCUT2D eigenvalue weighted by Gasteiger charge is -2.08. The average molecular weight is 176 g/mol. The van der Waals surface area contributed by atoms with Crippen LogP contribution in [0.5, 0.6) is 0 Å². The van der Waals surface area contributed by atoms with Crippen LogP contribution >= 0.6 is 11.8 Å². The molecule has 0 aromatic heterocycles. The van der Waals surface area contributed by atoms with Crippen molar-refractivity contribution >= 4 is 17.7 Å². The Morgan fingerprint density at radius 2 is 2.64 bits per heavy atom. The highest BCUT2D eigenvalue weighted by Gasteiger charge is 2.28. The maximum atomic E-state index is 11.0. The highest BCUT2D eigenvalue weighted by Crippen LogP contribution is 2.14. The Hall–Kier alpha value is -0.260. The number of hydrogen-bond acceptors (Lipinski definition) is 5. The van der Waals surface area contributed by atoms with Gasteiger partial charge >= 0.3 is 5.97 Å². The fourth-order valence-corrected chi connectivity index (χ4v) is 1.77. The number of carbonyl (C=O) groups is 1. The van der Waals surface area contributed by atoms with E-state index in [9.17, 15) is 4.79 Å². The maximum absolute atomic E-state index is 11.0. The Kier molecular flexibility index (Phi) is 3.16. The van der Waals surface area contributed by atoms with Crippen molar-refractivity contribution in [2.75, 3.05) is 12.4 Å². The van der Waals surface area contributed by atoms with E-state index in [2.05, 4.69) is 5.32 Å². The van der Waals surface area contributed by atoms with Gasteiger partial charge in [-0.05, 0) is 6.92 Å². The van der Waals surface area contributed by atoms with E-state index in [4.69, 9.17) is 10.5 Å². The van der Waals surface area contributed by atoms with Crippen LogP contribution in [0.2, 0.25) is 0 Å². The molecule has 0 saturated carbocycles. The molecule has 0 spiro atoms. The predicted molar refractivity (Wildman–Crippen MR) is 44.0 cm³/mol. The van der Waals surface area contributed by atoms with E-state index in [1.807, 2.05) is 0 Å². The van der Waals surface area contributed by atoms with Crippen molar-refractivity contribution in [3.8, 4) is 0 Å². The van der Waals surface area contributed by atoms with E-state index in [1.54, 1.807) is 6.92 Å². The van der Waals surface area contributed by atoms with Crippen molar-refractivity contribution in [1.29, 1.82) is 0 Å². The molecule has 1 aliphatic heterocycles. The molecule has 0 amide bonds. The van der Waals surface area contributed by atoms with Gasteiger partial charge in [-0.15, -0.1) is 11.8 Å². The van der Waals surface area contributed by atoms with Crippen LogP contribution < -0.4 is 11.1 Å². The van der Waals surface area contributed by atoms with Gasteiger partial charge in [0, 0.05) is 5.75 Å². The molecule has 2 atom stereocenters. The number of hydrogen-bond donors (Lipinski definition) is 2. The first-order valence-electron chi connectivity index (χ1n) is 3.54. The minimum Gasteiger partial charge on any atom is -0.465 e. The summed E-state index contributed by atoms with van der Waals surface area (Å²) in [4.78, 5) is 11.0. The van der Waals surface area contributed by atoms with Crippen molar-refractivity contribution in [2.24, 2.45) is 5.73 Å². The Morgan fingerprint density at radius 3 is 3.09 bits per heavy atom. The molecule has 0 aromatic rings. The average Bonchev–Trinajstić information content (AvgIpc) is 2.36. The third-order valence-electron chi connectivity index (χ3n) is 1.38. The second kappa shape index (κ2) is 3.94. The van der Waals surface area contributed by atoms with E-state index in [1.165, 1.54) is 11.8 Å². The zero-order valence-electron chi connectivity index (χ0n) is 6.37. The Bertz CT molecular complexity index is 154. The number of thioether (sulfide) groups is 1. The standard InChI is InChI=1S/C6H12N2O2S/c1-2-10-5(9)4-3-11-6(7)8-4/h4,6,8H,2-3,7H2,1H3. The zero-order chi connectivity index (χ0) is 8.27. The summed E-state index contributed by atoms with van der Waals surface area (Å²) in [5, 5.41) is 2.90. The molecule has 0 aromatic carbocycles. The molecule has 0 aliphatic carbocycles. The van der Waals surface area contributed by atoms with Gasteiger partial charge < -0.3 is 10.5 Å². The van der Waals surface area contributed by atoms with E-state index in [-0.39, 0.29) is 17.5 Å². The second-order valence-electron chi connectivity index (χ2n) is 2.23. The lowest BCUT2D eigenvalue weighted by Crippen LogP contribution is -2.41. The summed E-state index contributed by atoms with van der Waals surface area (Å²) in [6.45, 7) is 2.22. The van der Waals surface area contributed by atoms with Crippen molar-refractivity contribution in [3.05, 3.63) is 0 Å². The lowest BCUT2D eigenvalue weighted by molar-refractivity contribution is -0.144. The number of nitrogens with two attached hydrogens (primary N) is 1. The van der Waals surface area contributed by atoms with Crippen molar-refractivity contribution in [1.82, 2.24) is 5.32 Å². The molecule has 1 heterocycles. The molecule has 5 heteroatoms. The van der Waals surface area contributed by atoms with Crippen LogP contribution in [0, 0.1) is 0 Å². The van der Waals surface area contributed by atoms with Gasteiger partial charge in [0.2, 0.25) is 0 Å². The summed E-state index contributed by atoms with van der Waals surface area (Å²) in [5.74, 6) is 0.507. The minimum absolute atomic E-state index is 0.121. The smallest absolute Gasteiger partial charge is 0.324 e. The van der Waals surface area contributed by atoms with Crippen LogP contribution in [0.4, 0.5) is 0 Å². The van der Waals surface area contributed by atoms with Crippen molar-refractivity contribution < 1.29 is 9.53 Å². The predicted octanol–water partition coefficient (Wildman–Crippen LogP) is -0.503. The van der Waals surface area contributed by atoms with Gasteiger partial charge in [0.1, 0.15) is 11.5 Å². The lowest BCUT2D eigenvalue weighted by atomic mass is 10.3. The highest BCUT2D eigenvalue weighted by atomic mass is 32.2. The highest BCUT2D eigenvalue weighted by molar-refractivity contribution is 8.00. The summed E-state index contributed by atoms with van der Waals surface area (Å²) >= 11 is 1.53. The van der Waals surface area contributed by atoms with E-state index >= 15 is 0 Å². The van der Waals surface area contributed by atoms with Gasteiger partial charge in [-0.1, -0.05) is 0 Å². The Morgan fingerprint density at radius 1 is 1.91 bits per heavy atom. The molecule has 4 nitrogen and oxygen atoms in total. The third kappa shape index (κ3) is 2.36. The molecule has 2 unspecified atom stereocenters. The zero-order valence-corrected chi connectivity index (χ0v) is 7.19. The summed E-state index contributed by atoms with van der Waals surface area (Å²) in [6, 6.07) is -0.213. The van der Waals surface area contributed by atoms with Gasteiger partial charge in [-0.25, -0.2) is 0 Å². The Balaban J connectivity index is 2.31. The monoisotopic (exact) mass is 176 g/mol. The minimum atomic E-state index is -0.213. The van der Waals surface area contributed by atoms with Gasteiger partial charge in [-0.3, -0.25) is 10.1 Å². The molecule has 0 bridgehead atoms. The Labute approximate surface area is 69.8 Å². The molecular formula is C6H12N2O2S. The molecule has 1 saturated heterocycles. The molecular weight excluding hydrogens is 164 g/mol. The van der Waals surface area contributed by atoms with Crippen LogP contribution in [0.1, 0.15) is 6.92 Å². The third-order valence-corrected chi connectivity index (χ3v) is 2.40. The topological polar surface area (TPSA) is 64.3 Å². The van der Waals surface area contributed by atoms with Crippen LogP contribution in [0.25, 0.3) is 0 Å². The molecule has 0 radical (unpaired) electrons. The number of nitrogens with one attached hydrogen (secondary N) is 1. The number of ether oxygens (including phenoxy) is 1.